The molecule has 0 saturated heterocycles. The number of nitrogen functional groups attached to an aromatic ring is 1. The number of rotatable bonds is 5. The molecule has 1 atom stereocenters. The van der Waals surface area contributed by atoms with E-state index in [4.69, 9.17) is 17.3 Å². The molecule has 106 valence electrons. The highest BCUT2D eigenvalue weighted by molar-refractivity contribution is 6.31. The first-order chi connectivity index (χ1) is 9.60. The first-order valence-corrected chi connectivity index (χ1v) is 6.63. The van der Waals surface area contributed by atoms with Gasteiger partial charge in [0.05, 0.1) is 29.0 Å². The van der Waals surface area contributed by atoms with Crippen molar-refractivity contribution in [2.24, 2.45) is 0 Å². The molecule has 4 N–H and O–H groups in total. The molecule has 0 fully saturated rings. The summed E-state index contributed by atoms with van der Waals surface area (Å²) < 4.78 is 13.2. The van der Waals surface area contributed by atoms with E-state index in [9.17, 15) is 9.50 Å². The summed E-state index contributed by atoms with van der Waals surface area (Å²) in [5.74, 6) is -0.557. The molecule has 5 heteroatoms. The van der Waals surface area contributed by atoms with E-state index in [-0.39, 0.29) is 23.4 Å². The number of aliphatic hydroxyl groups is 1. The molecule has 0 amide bonds. The van der Waals surface area contributed by atoms with E-state index >= 15 is 0 Å². The van der Waals surface area contributed by atoms with E-state index < -0.39 is 5.82 Å². The molecule has 2 rings (SSSR count). The summed E-state index contributed by atoms with van der Waals surface area (Å²) in [7, 11) is 0. The van der Waals surface area contributed by atoms with Gasteiger partial charge in [-0.2, -0.15) is 0 Å². The molecule has 0 aromatic heterocycles. The average Bonchev–Trinajstić information content (AvgIpc) is 2.45. The van der Waals surface area contributed by atoms with Crippen molar-refractivity contribution in [2.75, 3.05) is 17.7 Å². The molecular weight excluding hydrogens is 279 g/mol. The summed E-state index contributed by atoms with van der Waals surface area (Å²) >= 11 is 5.74. The lowest BCUT2D eigenvalue weighted by atomic mass is 10.1. The average molecular weight is 295 g/mol. The maximum absolute atomic E-state index is 13.2. The van der Waals surface area contributed by atoms with Crippen LogP contribution in [0.4, 0.5) is 15.8 Å². The van der Waals surface area contributed by atoms with E-state index in [1.165, 1.54) is 12.1 Å². The number of hydrogen-bond acceptors (Lipinski definition) is 3. The number of anilines is 2. The van der Waals surface area contributed by atoms with Crippen molar-refractivity contribution < 1.29 is 9.50 Å². The maximum Gasteiger partial charge on any atom is 0.143 e. The Bertz CT molecular complexity index is 578. The number of benzene rings is 2. The molecule has 0 heterocycles. The van der Waals surface area contributed by atoms with Crippen molar-refractivity contribution in [2.45, 2.75) is 12.5 Å². The van der Waals surface area contributed by atoms with E-state index in [1.54, 1.807) is 0 Å². The van der Waals surface area contributed by atoms with Crippen LogP contribution >= 0.6 is 11.6 Å². The molecule has 1 unspecified atom stereocenters. The minimum absolute atomic E-state index is 0.00176. The summed E-state index contributed by atoms with van der Waals surface area (Å²) in [6.45, 7) is -0.0661. The summed E-state index contributed by atoms with van der Waals surface area (Å²) in [4.78, 5) is 0. The molecule has 0 saturated carbocycles. The Balaban J connectivity index is 2.12. The molecule has 0 aliphatic rings. The fourth-order valence-electron chi connectivity index (χ4n) is 1.97. The van der Waals surface area contributed by atoms with Crippen molar-refractivity contribution in [1.29, 1.82) is 0 Å². The Morgan fingerprint density at radius 1 is 1.25 bits per heavy atom. The Kier molecular flexibility index (Phi) is 4.82. The fourth-order valence-corrected chi connectivity index (χ4v) is 2.13. The Hall–Kier alpha value is -1.78. The topological polar surface area (TPSA) is 58.3 Å². The van der Waals surface area contributed by atoms with Crippen LogP contribution in [0.2, 0.25) is 5.02 Å². The van der Waals surface area contributed by atoms with Gasteiger partial charge in [0.25, 0.3) is 0 Å². The van der Waals surface area contributed by atoms with Crippen LogP contribution in [0, 0.1) is 5.82 Å². The van der Waals surface area contributed by atoms with Crippen molar-refractivity contribution in [1.82, 2.24) is 0 Å². The quantitative estimate of drug-likeness (QED) is 0.743. The van der Waals surface area contributed by atoms with Crippen molar-refractivity contribution in [3.05, 3.63) is 58.9 Å². The minimum Gasteiger partial charge on any atom is -0.397 e. The van der Waals surface area contributed by atoms with Gasteiger partial charge in [-0.05, 0) is 18.1 Å². The second-order valence-electron chi connectivity index (χ2n) is 4.57. The largest absolute Gasteiger partial charge is 0.397 e. The van der Waals surface area contributed by atoms with Gasteiger partial charge in [0.1, 0.15) is 5.82 Å². The zero-order valence-corrected chi connectivity index (χ0v) is 11.6. The Morgan fingerprint density at radius 2 is 1.95 bits per heavy atom. The second-order valence-corrected chi connectivity index (χ2v) is 4.97. The fraction of sp³-hybridized carbons (Fsp3) is 0.200. The predicted molar refractivity (Wildman–Crippen MR) is 80.5 cm³/mol. The maximum atomic E-state index is 13.2. The van der Waals surface area contributed by atoms with E-state index in [1.807, 2.05) is 30.3 Å². The SMILES string of the molecule is Nc1cc(F)c(Cl)cc1NC(CO)Cc1ccccc1. The van der Waals surface area contributed by atoms with Crippen molar-refractivity contribution in [3.63, 3.8) is 0 Å². The van der Waals surface area contributed by atoms with Gasteiger partial charge in [-0.15, -0.1) is 0 Å². The summed E-state index contributed by atoms with van der Waals surface area (Å²) in [5.41, 5.74) is 7.61. The number of hydrogen-bond donors (Lipinski definition) is 3. The zero-order chi connectivity index (χ0) is 14.5. The molecule has 0 bridgehead atoms. The Labute approximate surface area is 122 Å². The van der Waals surface area contributed by atoms with Gasteiger partial charge >= 0.3 is 0 Å². The van der Waals surface area contributed by atoms with Crippen LogP contribution in [0.15, 0.2) is 42.5 Å². The highest BCUT2D eigenvalue weighted by Crippen LogP contribution is 2.27. The van der Waals surface area contributed by atoms with Crippen LogP contribution in [-0.2, 0) is 6.42 Å². The lowest BCUT2D eigenvalue weighted by Crippen LogP contribution is -2.26. The van der Waals surface area contributed by atoms with E-state index in [0.29, 0.717) is 12.1 Å². The van der Waals surface area contributed by atoms with Gasteiger partial charge in [-0.1, -0.05) is 41.9 Å². The monoisotopic (exact) mass is 294 g/mol. The van der Waals surface area contributed by atoms with Crippen LogP contribution in [0.25, 0.3) is 0 Å². The highest BCUT2D eigenvalue weighted by atomic mass is 35.5. The first-order valence-electron chi connectivity index (χ1n) is 6.26. The van der Waals surface area contributed by atoms with Gasteiger partial charge in [0.15, 0.2) is 0 Å². The van der Waals surface area contributed by atoms with Gasteiger partial charge in [0, 0.05) is 6.07 Å². The lowest BCUT2D eigenvalue weighted by molar-refractivity contribution is 0.274. The number of aliphatic hydroxyl groups excluding tert-OH is 1. The van der Waals surface area contributed by atoms with Crippen molar-refractivity contribution in [3.8, 4) is 0 Å². The molecule has 0 aliphatic heterocycles. The summed E-state index contributed by atoms with van der Waals surface area (Å²) in [6.07, 6.45) is 0.631. The molecule has 3 nitrogen and oxygen atoms in total. The van der Waals surface area contributed by atoms with Crippen molar-refractivity contribution >= 4 is 23.0 Å². The molecule has 20 heavy (non-hydrogen) atoms. The minimum atomic E-state index is -0.557. The number of halogens is 2. The van der Waals surface area contributed by atoms with Crippen LogP contribution in [0.1, 0.15) is 5.56 Å². The number of nitrogens with two attached hydrogens (primary N) is 1. The third-order valence-corrected chi connectivity index (χ3v) is 3.29. The molecule has 0 radical (unpaired) electrons. The van der Waals surface area contributed by atoms with Crippen LogP contribution in [0.3, 0.4) is 0 Å². The third-order valence-electron chi connectivity index (χ3n) is 3.00. The Morgan fingerprint density at radius 3 is 2.60 bits per heavy atom. The molecule has 0 aliphatic carbocycles. The third kappa shape index (κ3) is 3.62. The van der Waals surface area contributed by atoms with E-state index in [2.05, 4.69) is 5.32 Å². The lowest BCUT2D eigenvalue weighted by Gasteiger charge is -2.19. The normalized spacial score (nSPS) is 12.2. The number of nitrogens with one attached hydrogen (secondary N) is 1. The van der Waals surface area contributed by atoms with Crippen LogP contribution in [-0.4, -0.2) is 17.8 Å². The summed E-state index contributed by atoms with van der Waals surface area (Å²) in [6, 6.07) is 12.1. The standard InChI is InChI=1S/C15H16ClFN2O/c16-12-7-15(14(18)8-13(12)17)19-11(9-20)6-10-4-2-1-3-5-10/h1-5,7-8,11,19-20H,6,9,18H2. The van der Waals surface area contributed by atoms with Gasteiger partial charge in [-0.3, -0.25) is 0 Å². The van der Waals surface area contributed by atoms with Gasteiger partial charge in [-0.25, -0.2) is 4.39 Å². The van der Waals surface area contributed by atoms with Crippen LogP contribution < -0.4 is 11.1 Å². The molecular formula is C15H16ClFN2O. The molecule has 2 aromatic rings. The second kappa shape index (κ2) is 6.59. The molecule has 2 aromatic carbocycles. The van der Waals surface area contributed by atoms with Gasteiger partial charge < -0.3 is 16.2 Å². The summed E-state index contributed by atoms with van der Waals surface area (Å²) in [5, 5.41) is 12.5. The highest BCUT2D eigenvalue weighted by Gasteiger charge is 2.12. The van der Waals surface area contributed by atoms with E-state index in [0.717, 1.165) is 5.56 Å². The van der Waals surface area contributed by atoms with Crippen LogP contribution in [0.5, 0.6) is 0 Å². The molecule has 0 spiro atoms. The predicted octanol–water partition coefficient (Wildman–Crippen LogP) is 3.08. The smallest absolute Gasteiger partial charge is 0.143 e. The van der Waals surface area contributed by atoms with Gasteiger partial charge in [0.2, 0.25) is 0 Å². The zero-order valence-electron chi connectivity index (χ0n) is 10.8. The first kappa shape index (κ1) is 14.6.